The predicted octanol–water partition coefficient (Wildman–Crippen LogP) is 2.31. The van der Waals surface area contributed by atoms with Gasteiger partial charge in [-0.15, -0.1) is 11.3 Å². The molecule has 1 unspecified atom stereocenters. The summed E-state index contributed by atoms with van der Waals surface area (Å²) in [6.45, 7) is 6.55. The SMILES string of the molecule is CCc1cnc(C(C)NCCCN(C)C)s1. The van der Waals surface area contributed by atoms with Crippen molar-refractivity contribution in [1.82, 2.24) is 15.2 Å². The molecule has 0 aliphatic carbocycles. The molecule has 0 radical (unpaired) electrons. The van der Waals surface area contributed by atoms with E-state index in [-0.39, 0.29) is 0 Å². The minimum absolute atomic E-state index is 0.382. The zero-order valence-corrected chi connectivity index (χ0v) is 11.6. The third kappa shape index (κ3) is 4.60. The van der Waals surface area contributed by atoms with E-state index in [4.69, 9.17) is 0 Å². The fourth-order valence-electron chi connectivity index (χ4n) is 1.49. The summed E-state index contributed by atoms with van der Waals surface area (Å²) >= 11 is 1.82. The predicted molar refractivity (Wildman–Crippen MR) is 71.1 cm³/mol. The van der Waals surface area contributed by atoms with E-state index < -0.39 is 0 Å². The number of thiazole rings is 1. The van der Waals surface area contributed by atoms with Gasteiger partial charge in [-0.25, -0.2) is 4.98 Å². The second-order valence-electron chi connectivity index (χ2n) is 4.35. The highest BCUT2D eigenvalue weighted by Gasteiger charge is 2.08. The number of hydrogen-bond acceptors (Lipinski definition) is 4. The Kier molecular flexibility index (Phi) is 5.95. The molecule has 1 rings (SSSR count). The van der Waals surface area contributed by atoms with Gasteiger partial charge >= 0.3 is 0 Å². The third-order valence-corrected chi connectivity index (χ3v) is 3.85. The van der Waals surface area contributed by atoms with E-state index in [1.165, 1.54) is 16.3 Å². The molecule has 0 saturated carbocycles. The van der Waals surface area contributed by atoms with Gasteiger partial charge in [-0.05, 0) is 47.0 Å². The minimum atomic E-state index is 0.382. The first-order chi connectivity index (χ1) is 7.63. The fourth-order valence-corrected chi connectivity index (χ4v) is 2.37. The zero-order valence-electron chi connectivity index (χ0n) is 10.8. The summed E-state index contributed by atoms with van der Waals surface area (Å²) in [6.07, 6.45) is 4.27. The lowest BCUT2D eigenvalue weighted by molar-refractivity contribution is 0.389. The van der Waals surface area contributed by atoms with Crippen LogP contribution in [0.5, 0.6) is 0 Å². The average Bonchev–Trinajstić information content (AvgIpc) is 2.72. The summed E-state index contributed by atoms with van der Waals surface area (Å²) in [7, 11) is 4.22. The molecule has 0 aliphatic heterocycles. The molecule has 0 spiro atoms. The number of aryl methyl sites for hydroxylation is 1. The van der Waals surface area contributed by atoms with Crippen LogP contribution in [0.4, 0.5) is 0 Å². The van der Waals surface area contributed by atoms with Gasteiger partial charge in [0.1, 0.15) is 5.01 Å². The molecule has 92 valence electrons. The average molecular weight is 241 g/mol. The molecule has 0 aliphatic rings. The molecule has 0 aromatic carbocycles. The second-order valence-corrected chi connectivity index (χ2v) is 5.50. The van der Waals surface area contributed by atoms with Crippen molar-refractivity contribution in [3.05, 3.63) is 16.1 Å². The molecule has 1 N–H and O–H groups in total. The maximum atomic E-state index is 4.45. The number of nitrogens with zero attached hydrogens (tertiary/aromatic N) is 2. The Morgan fingerprint density at radius 2 is 2.25 bits per heavy atom. The molecule has 1 heterocycles. The first kappa shape index (κ1) is 13.6. The number of rotatable bonds is 7. The first-order valence-electron chi connectivity index (χ1n) is 5.96. The second kappa shape index (κ2) is 6.99. The number of hydrogen-bond donors (Lipinski definition) is 1. The molecule has 4 heteroatoms. The Morgan fingerprint density at radius 1 is 1.50 bits per heavy atom. The van der Waals surface area contributed by atoms with Gasteiger partial charge in [0.15, 0.2) is 0 Å². The van der Waals surface area contributed by atoms with Gasteiger partial charge < -0.3 is 10.2 Å². The quantitative estimate of drug-likeness (QED) is 0.743. The summed E-state index contributed by atoms with van der Waals surface area (Å²) in [5, 5.41) is 4.72. The summed E-state index contributed by atoms with van der Waals surface area (Å²) < 4.78 is 0. The van der Waals surface area contributed by atoms with Crippen LogP contribution in [0, 0.1) is 0 Å². The normalized spacial score (nSPS) is 13.3. The Labute approximate surface area is 103 Å². The maximum Gasteiger partial charge on any atom is 0.109 e. The Bertz CT molecular complexity index is 296. The molecule has 0 bridgehead atoms. The highest BCUT2D eigenvalue weighted by molar-refractivity contribution is 7.11. The van der Waals surface area contributed by atoms with Gasteiger partial charge in [0.05, 0.1) is 6.04 Å². The Balaban J connectivity index is 2.26. The van der Waals surface area contributed by atoms with Crippen molar-refractivity contribution >= 4 is 11.3 Å². The third-order valence-electron chi connectivity index (χ3n) is 2.52. The summed E-state index contributed by atoms with van der Waals surface area (Å²) in [6, 6.07) is 0.382. The lowest BCUT2D eigenvalue weighted by atomic mass is 10.3. The van der Waals surface area contributed by atoms with Crippen molar-refractivity contribution in [3.8, 4) is 0 Å². The minimum Gasteiger partial charge on any atom is -0.309 e. The van der Waals surface area contributed by atoms with E-state index in [2.05, 4.69) is 43.1 Å². The maximum absolute atomic E-state index is 4.45. The number of aromatic nitrogens is 1. The van der Waals surface area contributed by atoms with Crippen molar-refractivity contribution in [1.29, 1.82) is 0 Å². The molecule has 0 fully saturated rings. The van der Waals surface area contributed by atoms with Crippen LogP contribution >= 0.6 is 11.3 Å². The molecular weight excluding hydrogens is 218 g/mol. The van der Waals surface area contributed by atoms with Crippen LogP contribution in [-0.4, -0.2) is 37.1 Å². The van der Waals surface area contributed by atoms with Crippen molar-refractivity contribution in [2.24, 2.45) is 0 Å². The Morgan fingerprint density at radius 3 is 2.81 bits per heavy atom. The standard InChI is InChI=1S/C12H23N3S/c1-5-11-9-14-12(16-11)10(2)13-7-6-8-15(3)4/h9-10,13H,5-8H2,1-4H3. The van der Waals surface area contributed by atoms with Crippen molar-refractivity contribution in [3.63, 3.8) is 0 Å². The van der Waals surface area contributed by atoms with Crippen LogP contribution in [0.25, 0.3) is 0 Å². The van der Waals surface area contributed by atoms with Gasteiger partial charge in [0.25, 0.3) is 0 Å². The van der Waals surface area contributed by atoms with Crippen molar-refractivity contribution < 1.29 is 0 Å². The van der Waals surface area contributed by atoms with E-state index in [1.807, 2.05) is 17.5 Å². The Hall–Kier alpha value is -0.450. The largest absolute Gasteiger partial charge is 0.309 e. The molecular formula is C12H23N3S. The van der Waals surface area contributed by atoms with Gasteiger partial charge in [0.2, 0.25) is 0 Å². The van der Waals surface area contributed by atoms with Crippen molar-refractivity contribution in [2.75, 3.05) is 27.2 Å². The van der Waals surface area contributed by atoms with E-state index in [9.17, 15) is 0 Å². The fraction of sp³-hybridized carbons (Fsp3) is 0.750. The number of nitrogens with one attached hydrogen (secondary N) is 1. The topological polar surface area (TPSA) is 28.2 Å². The lowest BCUT2D eigenvalue weighted by Gasteiger charge is -2.13. The molecule has 3 nitrogen and oxygen atoms in total. The first-order valence-corrected chi connectivity index (χ1v) is 6.77. The molecule has 16 heavy (non-hydrogen) atoms. The van der Waals surface area contributed by atoms with E-state index >= 15 is 0 Å². The summed E-state index contributed by atoms with van der Waals surface area (Å²) in [5.41, 5.74) is 0. The molecule has 0 saturated heterocycles. The molecule has 1 atom stereocenters. The van der Waals surface area contributed by atoms with Crippen LogP contribution in [-0.2, 0) is 6.42 Å². The highest BCUT2D eigenvalue weighted by atomic mass is 32.1. The summed E-state index contributed by atoms with van der Waals surface area (Å²) in [4.78, 5) is 8.03. The van der Waals surface area contributed by atoms with E-state index in [0.29, 0.717) is 6.04 Å². The molecule has 0 amide bonds. The lowest BCUT2D eigenvalue weighted by Crippen LogP contribution is -2.23. The van der Waals surface area contributed by atoms with Crippen LogP contribution in [0.2, 0.25) is 0 Å². The van der Waals surface area contributed by atoms with E-state index in [0.717, 1.165) is 19.5 Å². The van der Waals surface area contributed by atoms with E-state index in [1.54, 1.807) is 0 Å². The smallest absolute Gasteiger partial charge is 0.109 e. The zero-order chi connectivity index (χ0) is 12.0. The van der Waals surface area contributed by atoms with Gasteiger partial charge in [-0.2, -0.15) is 0 Å². The van der Waals surface area contributed by atoms with Crippen LogP contribution < -0.4 is 5.32 Å². The molecule has 1 aromatic heterocycles. The van der Waals surface area contributed by atoms with Gasteiger partial charge in [-0.1, -0.05) is 6.92 Å². The summed E-state index contributed by atoms with van der Waals surface area (Å²) in [5.74, 6) is 0. The van der Waals surface area contributed by atoms with Crippen LogP contribution in [0.15, 0.2) is 6.20 Å². The monoisotopic (exact) mass is 241 g/mol. The van der Waals surface area contributed by atoms with Crippen molar-refractivity contribution in [2.45, 2.75) is 32.7 Å². The molecule has 1 aromatic rings. The van der Waals surface area contributed by atoms with Crippen LogP contribution in [0.3, 0.4) is 0 Å². The van der Waals surface area contributed by atoms with Gasteiger partial charge in [0, 0.05) is 11.1 Å². The highest BCUT2D eigenvalue weighted by Crippen LogP contribution is 2.19. The van der Waals surface area contributed by atoms with Crippen LogP contribution in [0.1, 0.15) is 36.2 Å². The van der Waals surface area contributed by atoms with Gasteiger partial charge in [-0.3, -0.25) is 0 Å².